The van der Waals surface area contributed by atoms with E-state index in [1.54, 1.807) is 4.52 Å². The van der Waals surface area contributed by atoms with E-state index in [0.29, 0.717) is 12.0 Å². The number of fused-ring (bicyclic) bond motifs is 1. The highest BCUT2D eigenvalue weighted by atomic mass is 79.9. The van der Waals surface area contributed by atoms with E-state index in [-0.39, 0.29) is 0 Å². The van der Waals surface area contributed by atoms with Crippen molar-refractivity contribution in [2.24, 2.45) is 0 Å². The fraction of sp³-hybridized carbons (Fsp3) is 0.455. The zero-order chi connectivity index (χ0) is 12.4. The maximum absolute atomic E-state index is 4.42. The van der Waals surface area contributed by atoms with E-state index >= 15 is 0 Å². The van der Waals surface area contributed by atoms with E-state index in [1.165, 1.54) is 0 Å². The van der Waals surface area contributed by atoms with Crippen LogP contribution in [0.1, 0.15) is 6.92 Å². The smallest absolute Gasteiger partial charge is 0.243 e. The van der Waals surface area contributed by atoms with Crippen LogP contribution in [0.3, 0.4) is 0 Å². The summed E-state index contributed by atoms with van der Waals surface area (Å²) in [5.41, 5.74) is 0.826. The van der Waals surface area contributed by atoms with Gasteiger partial charge >= 0.3 is 0 Å². The molecule has 5 nitrogen and oxygen atoms in total. The van der Waals surface area contributed by atoms with Crippen molar-refractivity contribution in [3.8, 4) is 0 Å². The van der Waals surface area contributed by atoms with E-state index in [4.69, 9.17) is 0 Å². The molecular formula is C11H16BrN5. The number of anilines is 1. The topological polar surface area (TPSA) is 45.5 Å². The van der Waals surface area contributed by atoms with Crippen molar-refractivity contribution in [2.45, 2.75) is 13.0 Å². The van der Waals surface area contributed by atoms with E-state index in [0.717, 1.165) is 16.7 Å². The molecule has 0 amide bonds. The van der Waals surface area contributed by atoms with Crippen molar-refractivity contribution in [1.29, 1.82) is 0 Å². The third-order valence-corrected chi connectivity index (χ3v) is 3.37. The van der Waals surface area contributed by atoms with Crippen LogP contribution in [0.4, 0.5) is 5.95 Å². The zero-order valence-electron chi connectivity index (χ0n) is 10.2. The van der Waals surface area contributed by atoms with Gasteiger partial charge in [0.2, 0.25) is 5.95 Å². The van der Waals surface area contributed by atoms with Gasteiger partial charge < -0.3 is 10.2 Å². The summed E-state index contributed by atoms with van der Waals surface area (Å²) in [5, 5.41) is 7.59. The molecule has 92 valence electrons. The Kier molecular flexibility index (Phi) is 3.63. The summed E-state index contributed by atoms with van der Waals surface area (Å²) in [6, 6.07) is 4.32. The van der Waals surface area contributed by atoms with Crippen molar-refractivity contribution in [1.82, 2.24) is 19.5 Å². The minimum Gasteiger partial charge on any atom is -0.351 e. The summed E-state index contributed by atoms with van der Waals surface area (Å²) in [6.45, 7) is 2.97. The molecule has 1 unspecified atom stereocenters. The second kappa shape index (κ2) is 5.01. The van der Waals surface area contributed by atoms with Crippen molar-refractivity contribution >= 4 is 27.5 Å². The van der Waals surface area contributed by atoms with E-state index < -0.39 is 0 Å². The number of likely N-dealkylation sites (N-methyl/N-ethyl adjacent to an activating group) is 1. The maximum Gasteiger partial charge on any atom is 0.243 e. The van der Waals surface area contributed by atoms with Gasteiger partial charge in [0.1, 0.15) is 0 Å². The van der Waals surface area contributed by atoms with Gasteiger partial charge in [-0.15, -0.1) is 5.10 Å². The lowest BCUT2D eigenvalue weighted by Crippen LogP contribution is -2.31. The molecule has 0 radical (unpaired) electrons. The Morgan fingerprint density at radius 2 is 2.29 bits per heavy atom. The van der Waals surface area contributed by atoms with Crippen LogP contribution < -0.4 is 5.32 Å². The van der Waals surface area contributed by atoms with Crippen LogP contribution in [0.15, 0.2) is 22.8 Å². The molecule has 0 aliphatic carbocycles. The number of nitrogens with zero attached hydrogens (tertiary/aromatic N) is 4. The lowest BCUT2D eigenvalue weighted by molar-refractivity contribution is 0.326. The molecule has 2 aromatic rings. The number of nitrogens with one attached hydrogen (secondary N) is 1. The van der Waals surface area contributed by atoms with Gasteiger partial charge in [0.05, 0.1) is 4.47 Å². The average molecular weight is 298 g/mol. The highest BCUT2D eigenvalue weighted by Gasteiger charge is 2.08. The van der Waals surface area contributed by atoms with Gasteiger partial charge in [-0.2, -0.15) is 4.98 Å². The highest BCUT2D eigenvalue weighted by Crippen LogP contribution is 2.16. The van der Waals surface area contributed by atoms with Crippen molar-refractivity contribution in [3.05, 3.63) is 22.8 Å². The molecular weight excluding hydrogens is 282 g/mol. The summed E-state index contributed by atoms with van der Waals surface area (Å²) in [5.74, 6) is 0.658. The molecule has 0 fully saturated rings. The Hall–Kier alpha value is -1.14. The second-order valence-corrected chi connectivity index (χ2v) is 5.11. The maximum atomic E-state index is 4.42. The highest BCUT2D eigenvalue weighted by molar-refractivity contribution is 9.10. The molecule has 0 bridgehead atoms. The Bertz CT molecular complexity index is 508. The summed E-state index contributed by atoms with van der Waals surface area (Å²) in [7, 11) is 4.11. The minimum absolute atomic E-state index is 0.435. The molecule has 1 atom stereocenters. The first kappa shape index (κ1) is 12.3. The number of hydrogen-bond acceptors (Lipinski definition) is 4. The Labute approximate surface area is 109 Å². The van der Waals surface area contributed by atoms with Crippen LogP contribution in [-0.2, 0) is 0 Å². The first-order chi connectivity index (χ1) is 8.08. The van der Waals surface area contributed by atoms with Crippen molar-refractivity contribution < 1.29 is 0 Å². The standard InChI is InChI=1S/C11H16BrN5/c1-8(16(2)3)7-13-11-14-10-9(12)5-4-6-17(10)15-11/h4-6,8H,7H2,1-3H3,(H,13,15). The lowest BCUT2D eigenvalue weighted by atomic mass is 10.3. The van der Waals surface area contributed by atoms with Gasteiger partial charge in [0.15, 0.2) is 5.65 Å². The van der Waals surface area contributed by atoms with Crippen LogP contribution in [0.5, 0.6) is 0 Å². The van der Waals surface area contributed by atoms with E-state index in [2.05, 4.69) is 57.2 Å². The molecule has 1 N–H and O–H groups in total. The van der Waals surface area contributed by atoms with Crippen molar-refractivity contribution in [3.63, 3.8) is 0 Å². The molecule has 0 aliphatic rings. The first-order valence-electron chi connectivity index (χ1n) is 5.49. The Morgan fingerprint density at radius 3 is 2.94 bits per heavy atom. The molecule has 2 rings (SSSR count). The van der Waals surface area contributed by atoms with Gasteiger partial charge in [-0.3, -0.25) is 0 Å². The number of pyridine rings is 1. The normalized spacial score (nSPS) is 13.2. The minimum atomic E-state index is 0.435. The summed E-state index contributed by atoms with van der Waals surface area (Å²) < 4.78 is 2.70. The Morgan fingerprint density at radius 1 is 1.53 bits per heavy atom. The molecule has 2 aromatic heterocycles. The SMILES string of the molecule is CC(CNc1nc2c(Br)cccn2n1)N(C)C. The predicted molar refractivity (Wildman–Crippen MR) is 72.3 cm³/mol. The third kappa shape index (κ3) is 2.76. The average Bonchev–Trinajstić information content (AvgIpc) is 2.70. The largest absolute Gasteiger partial charge is 0.351 e. The predicted octanol–water partition coefficient (Wildman–Crippen LogP) is 1.85. The fourth-order valence-electron chi connectivity index (χ4n) is 1.37. The molecule has 2 heterocycles. The molecule has 0 saturated heterocycles. The first-order valence-corrected chi connectivity index (χ1v) is 6.28. The van der Waals surface area contributed by atoms with Gasteiger partial charge in [0, 0.05) is 18.8 Å². The zero-order valence-corrected chi connectivity index (χ0v) is 11.8. The summed E-state index contributed by atoms with van der Waals surface area (Å²) in [6.07, 6.45) is 1.88. The van der Waals surface area contributed by atoms with Crippen LogP contribution in [0.2, 0.25) is 0 Å². The molecule has 0 aromatic carbocycles. The van der Waals surface area contributed by atoms with Gasteiger partial charge in [-0.1, -0.05) is 0 Å². The fourth-order valence-corrected chi connectivity index (χ4v) is 1.79. The summed E-state index contributed by atoms with van der Waals surface area (Å²) >= 11 is 3.45. The number of halogens is 1. The van der Waals surface area contributed by atoms with E-state index in [9.17, 15) is 0 Å². The molecule has 0 spiro atoms. The van der Waals surface area contributed by atoms with Gasteiger partial charge in [0.25, 0.3) is 0 Å². The van der Waals surface area contributed by atoms with Gasteiger partial charge in [-0.05, 0) is 49.1 Å². The number of hydrogen-bond donors (Lipinski definition) is 1. The molecule has 0 saturated carbocycles. The molecule has 0 aliphatic heterocycles. The quantitative estimate of drug-likeness (QED) is 0.936. The summed E-state index contributed by atoms with van der Waals surface area (Å²) in [4.78, 5) is 6.57. The molecule has 6 heteroatoms. The number of rotatable bonds is 4. The monoisotopic (exact) mass is 297 g/mol. The van der Waals surface area contributed by atoms with E-state index in [1.807, 2.05) is 18.3 Å². The van der Waals surface area contributed by atoms with Gasteiger partial charge in [-0.25, -0.2) is 4.52 Å². The van der Waals surface area contributed by atoms with Crippen LogP contribution >= 0.6 is 15.9 Å². The van der Waals surface area contributed by atoms with Crippen LogP contribution in [-0.4, -0.2) is 46.2 Å². The Balaban J connectivity index is 2.12. The second-order valence-electron chi connectivity index (χ2n) is 4.25. The molecule has 17 heavy (non-hydrogen) atoms. The third-order valence-electron chi connectivity index (χ3n) is 2.75. The number of aromatic nitrogens is 3. The lowest BCUT2D eigenvalue weighted by Gasteiger charge is -2.19. The van der Waals surface area contributed by atoms with Crippen molar-refractivity contribution in [2.75, 3.05) is 26.0 Å². The van der Waals surface area contributed by atoms with Crippen LogP contribution in [0, 0.1) is 0 Å². The van der Waals surface area contributed by atoms with Crippen LogP contribution in [0.25, 0.3) is 5.65 Å².